The third-order valence-corrected chi connectivity index (χ3v) is 2.67. The molecule has 0 amide bonds. The number of hydrogen-bond acceptors (Lipinski definition) is 4. The number of benzene rings is 1. The zero-order valence-corrected chi connectivity index (χ0v) is 9.49. The Kier molecular flexibility index (Phi) is 2.29. The molecule has 0 radical (unpaired) electrons. The lowest BCUT2D eigenvalue weighted by Gasteiger charge is -2.04. The summed E-state index contributed by atoms with van der Waals surface area (Å²) in [5, 5.41) is 0. The second-order valence-corrected chi connectivity index (χ2v) is 3.88. The molecule has 0 atom stereocenters. The molecule has 1 aromatic heterocycles. The number of rotatable bonds is 1. The van der Waals surface area contributed by atoms with Gasteiger partial charge in [0.1, 0.15) is 5.82 Å². The Hall–Kier alpha value is -2.37. The first-order chi connectivity index (χ1) is 8.65. The molecule has 1 aromatic carbocycles. The fourth-order valence-corrected chi connectivity index (χ4v) is 1.75. The molecule has 1 aliphatic rings. The van der Waals surface area contributed by atoms with Gasteiger partial charge in [-0.25, -0.2) is 4.98 Å². The number of nitrogens with one attached hydrogen (secondary N) is 1. The predicted molar refractivity (Wildman–Crippen MR) is 61.1 cm³/mol. The van der Waals surface area contributed by atoms with Crippen LogP contribution in [0, 0.1) is 12.7 Å². The number of ether oxygens (including phenoxy) is 2. The van der Waals surface area contributed by atoms with Crippen LogP contribution in [-0.4, -0.2) is 16.8 Å². The summed E-state index contributed by atoms with van der Waals surface area (Å²) < 4.78 is 23.6. The van der Waals surface area contributed by atoms with E-state index in [0.717, 1.165) is 0 Å². The molecule has 6 heteroatoms. The van der Waals surface area contributed by atoms with Crippen LogP contribution in [0.15, 0.2) is 23.0 Å². The van der Waals surface area contributed by atoms with Crippen molar-refractivity contribution >= 4 is 0 Å². The van der Waals surface area contributed by atoms with Gasteiger partial charge in [-0.2, -0.15) is 4.39 Å². The average Bonchev–Trinajstić information content (AvgIpc) is 2.82. The predicted octanol–water partition coefficient (Wildman–Crippen LogP) is 1.61. The molecule has 0 unspecified atom stereocenters. The first-order valence-electron chi connectivity index (χ1n) is 5.31. The van der Waals surface area contributed by atoms with E-state index in [1.165, 1.54) is 6.92 Å². The Bertz CT molecular complexity index is 682. The normalized spacial score (nSPS) is 12.8. The fraction of sp³-hybridized carbons (Fsp3) is 0.167. The highest BCUT2D eigenvalue weighted by Crippen LogP contribution is 2.34. The van der Waals surface area contributed by atoms with Crippen molar-refractivity contribution in [1.82, 2.24) is 9.97 Å². The number of H-pyrrole nitrogens is 1. The van der Waals surface area contributed by atoms with Crippen molar-refractivity contribution in [3.63, 3.8) is 0 Å². The van der Waals surface area contributed by atoms with E-state index < -0.39 is 11.4 Å². The van der Waals surface area contributed by atoms with Crippen molar-refractivity contribution in [1.29, 1.82) is 0 Å². The maximum Gasteiger partial charge on any atom is 0.287 e. The van der Waals surface area contributed by atoms with Crippen molar-refractivity contribution in [2.75, 3.05) is 6.79 Å². The fourth-order valence-electron chi connectivity index (χ4n) is 1.75. The Balaban J connectivity index is 2.13. The third-order valence-electron chi connectivity index (χ3n) is 2.67. The van der Waals surface area contributed by atoms with Crippen LogP contribution in [0.1, 0.15) is 5.69 Å². The first kappa shape index (κ1) is 10.8. The van der Waals surface area contributed by atoms with Crippen LogP contribution in [0.4, 0.5) is 4.39 Å². The molecule has 0 spiro atoms. The molecule has 0 saturated carbocycles. The Morgan fingerprint density at radius 1 is 1.33 bits per heavy atom. The molecule has 0 bridgehead atoms. The lowest BCUT2D eigenvalue weighted by Crippen LogP contribution is -2.15. The molecule has 18 heavy (non-hydrogen) atoms. The third kappa shape index (κ3) is 1.62. The van der Waals surface area contributed by atoms with Crippen LogP contribution in [0.25, 0.3) is 11.4 Å². The maximum atomic E-state index is 13.2. The lowest BCUT2D eigenvalue weighted by molar-refractivity contribution is 0.174. The van der Waals surface area contributed by atoms with E-state index in [0.29, 0.717) is 22.9 Å². The van der Waals surface area contributed by atoms with E-state index >= 15 is 0 Å². The molecule has 3 rings (SSSR count). The summed E-state index contributed by atoms with van der Waals surface area (Å²) in [7, 11) is 0. The molecule has 1 N–H and O–H groups in total. The second-order valence-electron chi connectivity index (χ2n) is 3.88. The summed E-state index contributed by atoms with van der Waals surface area (Å²) >= 11 is 0. The Labute approximate surface area is 101 Å². The van der Waals surface area contributed by atoms with E-state index in [1.54, 1.807) is 18.2 Å². The minimum Gasteiger partial charge on any atom is -0.454 e. The zero-order chi connectivity index (χ0) is 12.7. The van der Waals surface area contributed by atoms with Gasteiger partial charge in [0.15, 0.2) is 11.5 Å². The minimum absolute atomic E-state index is 0.0615. The van der Waals surface area contributed by atoms with E-state index in [4.69, 9.17) is 9.47 Å². The van der Waals surface area contributed by atoms with Crippen LogP contribution in [0.2, 0.25) is 0 Å². The quantitative estimate of drug-likeness (QED) is 0.832. The van der Waals surface area contributed by atoms with Crippen LogP contribution >= 0.6 is 0 Å². The number of aromatic amines is 1. The van der Waals surface area contributed by atoms with E-state index in [9.17, 15) is 9.18 Å². The standard InChI is InChI=1S/C12H9FN2O3/c1-6-10(13)12(16)15-11(14-6)7-2-3-8-9(4-7)18-5-17-8/h2-4H,5H2,1H3,(H,14,15,16). The molecule has 0 saturated heterocycles. The highest BCUT2D eigenvalue weighted by molar-refractivity contribution is 5.61. The summed E-state index contributed by atoms with van der Waals surface area (Å²) in [4.78, 5) is 17.7. The number of aromatic nitrogens is 2. The molecular formula is C12H9FN2O3. The Morgan fingerprint density at radius 2 is 2.11 bits per heavy atom. The van der Waals surface area contributed by atoms with Gasteiger partial charge in [-0.05, 0) is 25.1 Å². The monoisotopic (exact) mass is 248 g/mol. The molecule has 1 aliphatic heterocycles. The van der Waals surface area contributed by atoms with E-state index in [1.807, 2.05) is 0 Å². The van der Waals surface area contributed by atoms with Gasteiger partial charge in [0, 0.05) is 5.56 Å². The number of aryl methyl sites for hydroxylation is 1. The van der Waals surface area contributed by atoms with Gasteiger partial charge in [0.05, 0.1) is 5.69 Å². The number of hydrogen-bond donors (Lipinski definition) is 1. The highest BCUT2D eigenvalue weighted by atomic mass is 19.1. The molecular weight excluding hydrogens is 239 g/mol. The van der Waals surface area contributed by atoms with Crippen LogP contribution in [0.5, 0.6) is 11.5 Å². The molecule has 92 valence electrons. The van der Waals surface area contributed by atoms with Crippen LogP contribution < -0.4 is 15.0 Å². The summed E-state index contributed by atoms with van der Waals surface area (Å²) in [5.41, 5.74) is -0.0824. The number of fused-ring (bicyclic) bond motifs is 1. The lowest BCUT2D eigenvalue weighted by atomic mass is 10.2. The smallest absolute Gasteiger partial charge is 0.287 e. The van der Waals surface area contributed by atoms with Crippen molar-refractivity contribution in [2.24, 2.45) is 0 Å². The summed E-state index contributed by atoms with van der Waals surface area (Å²) in [5.74, 6) is 0.661. The largest absolute Gasteiger partial charge is 0.454 e. The first-order valence-corrected chi connectivity index (χ1v) is 5.31. The SMILES string of the molecule is Cc1nc(-c2ccc3c(c2)OCO3)[nH]c(=O)c1F. The minimum atomic E-state index is -0.862. The number of halogens is 1. The molecule has 2 aromatic rings. The second kappa shape index (κ2) is 3.83. The van der Waals surface area contributed by atoms with Gasteiger partial charge in [-0.1, -0.05) is 0 Å². The summed E-state index contributed by atoms with van der Waals surface area (Å²) in [6.07, 6.45) is 0. The van der Waals surface area contributed by atoms with Gasteiger partial charge in [-0.15, -0.1) is 0 Å². The topological polar surface area (TPSA) is 64.2 Å². The van der Waals surface area contributed by atoms with Gasteiger partial charge < -0.3 is 14.5 Å². The van der Waals surface area contributed by atoms with Crippen molar-refractivity contribution in [2.45, 2.75) is 6.92 Å². The van der Waals surface area contributed by atoms with Crippen LogP contribution in [-0.2, 0) is 0 Å². The zero-order valence-electron chi connectivity index (χ0n) is 9.49. The van der Waals surface area contributed by atoms with Gasteiger partial charge in [-0.3, -0.25) is 4.79 Å². The van der Waals surface area contributed by atoms with Crippen molar-refractivity contribution < 1.29 is 13.9 Å². The molecule has 5 nitrogen and oxygen atoms in total. The summed E-state index contributed by atoms with van der Waals surface area (Å²) in [6.45, 7) is 1.62. The number of nitrogens with zero attached hydrogens (tertiary/aromatic N) is 1. The molecule has 0 aliphatic carbocycles. The highest BCUT2D eigenvalue weighted by Gasteiger charge is 2.15. The van der Waals surface area contributed by atoms with Gasteiger partial charge in [0.25, 0.3) is 5.56 Å². The Morgan fingerprint density at radius 3 is 2.89 bits per heavy atom. The van der Waals surface area contributed by atoms with E-state index in [2.05, 4.69) is 9.97 Å². The maximum absolute atomic E-state index is 13.2. The summed E-state index contributed by atoms with van der Waals surface area (Å²) in [6, 6.07) is 5.14. The van der Waals surface area contributed by atoms with Gasteiger partial charge >= 0.3 is 0 Å². The van der Waals surface area contributed by atoms with Gasteiger partial charge in [0.2, 0.25) is 12.6 Å². The molecule has 0 fully saturated rings. The van der Waals surface area contributed by atoms with Crippen LogP contribution in [0.3, 0.4) is 0 Å². The molecule has 2 heterocycles. The average molecular weight is 248 g/mol. The van der Waals surface area contributed by atoms with Crippen molar-refractivity contribution in [3.8, 4) is 22.9 Å². The van der Waals surface area contributed by atoms with Crippen molar-refractivity contribution in [3.05, 3.63) is 40.1 Å². The van der Waals surface area contributed by atoms with E-state index in [-0.39, 0.29) is 12.5 Å².